The van der Waals surface area contributed by atoms with E-state index in [1.807, 2.05) is 0 Å². The summed E-state index contributed by atoms with van der Waals surface area (Å²) < 4.78 is 2.27. The summed E-state index contributed by atoms with van der Waals surface area (Å²) in [5, 5.41) is 9.95. The second-order valence-electron chi connectivity index (χ2n) is 14.3. The van der Waals surface area contributed by atoms with Gasteiger partial charge in [0.15, 0.2) is 0 Å². The minimum absolute atomic E-state index is 0.932. The molecule has 11 aromatic rings. The van der Waals surface area contributed by atoms with Crippen molar-refractivity contribution in [3.05, 3.63) is 206 Å². The number of para-hydroxylation sites is 1. The third kappa shape index (κ3) is 5.07. The van der Waals surface area contributed by atoms with E-state index >= 15 is 0 Å². The number of imidazole rings is 1. The summed E-state index contributed by atoms with van der Waals surface area (Å²) in [7, 11) is 0. The van der Waals surface area contributed by atoms with Gasteiger partial charge in [-0.15, -0.1) is 0 Å². The first-order valence-corrected chi connectivity index (χ1v) is 18.9. The van der Waals surface area contributed by atoms with Crippen LogP contribution in [0.15, 0.2) is 206 Å². The van der Waals surface area contributed by atoms with Crippen molar-refractivity contribution >= 4 is 54.1 Å². The van der Waals surface area contributed by atoms with Gasteiger partial charge in [-0.2, -0.15) is 0 Å². The van der Waals surface area contributed by atoms with Crippen molar-refractivity contribution in [3.63, 3.8) is 0 Å². The van der Waals surface area contributed by atoms with Crippen LogP contribution in [0.3, 0.4) is 0 Å². The summed E-state index contributed by atoms with van der Waals surface area (Å²) in [6.07, 6.45) is 0. The molecule has 0 saturated heterocycles. The highest BCUT2D eigenvalue weighted by Crippen LogP contribution is 2.47. The van der Waals surface area contributed by atoms with Gasteiger partial charge in [-0.05, 0) is 107 Å². The summed E-state index contributed by atoms with van der Waals surface area (Å²) in [4.78, 5) is 5.29. The molecule has 0 radical (unpaired) electrons. The second kappa shape index (κ2) is 12.7. The van der Waals surface area contributed by atoms with E-state index in [0.717, 1.165) is 39.2 Å². The van der Waals surface area contributed by atoms with E-state index in [2.05, 4.69) is 211 Å². The number of fused-ring (bicyclic) bond motifs is 5. The lowest BCUT2D eigenvalue weighted by molar-refractivity contribution is 1.10. The smallest absolute Gasteiger partial charge is 0.145 e. The Hall–Kier alpha value is -7.29. The minimum Gasteiger partial charge on any atom is -0.292 e. The lowest BCUT2D eigenvalue weighted by Crippen LogP contribution is -1.97. The molecule has 0 spiro atoms. The van der Waals surface area contributed by atoms with Crippen LogP contribution in [0.4, 0.5) is 0 Å². The van der Waals surface area contributed by atoms with E-state index in [0.29, 0.717) is 0 Å². The normalized spacial score (nSPS) is 11.6. The van der Waals surface area contributed by atoms with E-state index in [4.69, 9.17) is 4.98 Å². The summed E-state index contributed by atoms with van der Waals surface area (Å²) >= 11 is 0. The van der Waals surface area contributed by atoms with Gasteiger partial charge in [0.25, 0.3) is 0 Å². The van der Waals surface area contributed by atoms with Crippen LogP contribution < -0.4 is 0 Å². The maximum atomic E-state index is 5.29. The van der Waals surface area contributed by atoms with Gasteiger partial charge in [0.05, 0.1) is 11.0 Å². The zero-order chi connectivity index (χ0) is 36.3. The van der Waals surface area contributed by atoms with E-state index in [-0.39, 0.29) is 0 Å². The molecule has 10 aromatic carbocycles. The van der Waals surface area contributed by atoms with Crippen LogP contribution >= 0.6 is 0 Å². The maximum absolute atomic E-state index is 5.29. The number of aromatic nitrogens is 2. The first-order valence-electron chi connectivity index (χ1n) is 18.9. The largest absolute Gasteiger partial charge is 0.292 e. The third-order valence-corrected chi connectivity index (χ3v) is 11.2. The van der Waals surface area contributed by atoms with E-state index in [1.165, 1.54) is 65.3 Å². The minimum atomic E-state index is 0.932. The Morgan fingerprint density at radius 2 is 0.818 bits per heavy atom. The summed E-state index contributed by atoms with van der Waals surface area (Å²) in [6, 6.07) is 74.7. The molecule has 0 bridgehead atoms. The molecule has 0 amide bonds. The summed E-state index contributed by atoms with van der Waals surface area (Å²) in [6.45, 7) is 0. The Kier molecular flexibility index (Phi) is 7.21. The average Bonchev–Trinajstić information content (AvgIpc) is 3.65. The van der Waals surface area contributed by atoms with Crippen LogP contribution in [0.2, 0.25) is 0 Å². The fourth-order valence-corrected chi connectivity index (χ4v) is 8.70. The van der Waals surface area contributed by atoms with Gasteiger partial charge < -0.3 is 0 Å². The fraction of sp³-hybridized carbons (Fsp3) is 0. The molecule has 0 aliphatic heterocycles. The molecule has 2 heteroatoms. The van der Waals surface area contributed by atoms with Gasteiger partial charge in [-0.3, -0.25) is 4.57 Å². The molecule has 256 valence electrons. The topological polar surface area (TPSA) is 17.8 Å². The van der Waals surface area contributed by atoms with Crippen molar-refractivity contribution in [2.75, 3.05) is 0 Å². The van der Waals surface area contributed by atoms with Crippen molar-refractivity contribution in [3.8, 4) is 50.5 Å². The number of hydrogen-bond donors (Lipinski definition) is 0. The van der Waals surface area contributed by atoms with Gasteiger partial charge in [0, 0.05) is 11.3 Å². The standard InChI is InChI=1S/C53H34N2/c1-3-17-37(18-4-1)53-54-49-34-39(30-32-50(49)55(53)40-21-5-2-6-22-40)38-29-31-47-48(33-38)52(44-28-14-20-36-16-8-10-24-42(36)44)46-26-12-11-25-45(46)51(47)43-27-13-19-35-15-7-9-23-41(35)43/h1-34H. The highest BCUT2D eigenvalue weighted by atomic mass is 15.1. The molecule has 0 unspecified atom stereocenters. The Bertz CT molecular complexity index is 3240. The number of nitrogens with zero attached hydrogens (tertiary/aromatic N) is 2. The Balaban J connectivity index is 1.21. The van der Waals surface area contributed by atoms with Crippen LogP contribution in [0.1, 0.15) is 0 Å². The van der Waals surface area contributed by atoms with Crippen molar-refractivity contribution in [2.24, 2.45) is 0 Å². The molecule has 0 N–H and O–H groups in total. The van der Waals surface area contributed by atoms with Crippen molar-refractivity contribution in [1.82, 2.24) is 9.55 Å². The highest BCUT2D eigenvalue weighted by Gasteiger charge is 2.21. The molecule has 0 fully saturated rings. The molecule has 0 aliphatic rings. The van der Waals surface area contributed by atoms with Gasteiger partial charge in [0.1, 0.15) is 5.82 Å². The van der Waals surface area contributed by atoms with Crippen molar-refractivity contribution < 1.29 is 0 Å². The molecule has 55 heavy (non-hydrogen) atoms. The molecule has 1 aromatic heterocycles. The average molecular weight is 699 g/mol. The Morgan fingerprint density at radius 3 is 1.47 bits per heavy atom. The molecule has 0 saturated carbocycles. The molecule has 2 nitrogen and oxygen atoms in total. The van der Waals surface area contributed by atoms with Crippen molar-refractivity contribution in [2.45, 2.75) is 0 Å². The predicted octanol–water partition coefficient (Wildman–Crippen LogP) is 14.3. The van der Waals surface area contributed by atoms with Gasteiger partial charge in [-0.25, -0.2) is 4.98 Å². The zero-order valence-corrected chi connectivity index (χ0v) is 30.0. The number of hydrogen-bond acceptors (Lipinski definition) is 1. The SMILES string of the molecule is c1ccc(-c2nc3cc(-c4ccc5c(-c6cccc7ccccc67)c6ccccc6c(-c6cccc7ccccc67)c5c4)ccc3n2-c2ccccc2)cc1. The van der Waals surface area contributed by atoms with Crippen LogP contribution in [0.25, 0.3) is 105 Å². The fourth-order valence-electron chi connectivity index (χ4n) is 8.70. The first kappa shape index (κ1) is 31.3. The molecule has 0 atom stereocenters. The van der Waals surface area contributed by atoms with Gasteiger partial charge in [-0.1, -0.05) is 176 Å². The molecular formula is C53H34N2. The first-order chi connectivity index (χ1) is 27.3. The van der Waals surface area contributed by atoms with Crippen LogP contribution in [0, 0.1) is 0 Å². The van der Waals surface area contributed by atoms with Gasteiger partial charge >= 0.3 is 0 Å². The summed E-state index contributed by atoms with van der Waals surface area (Å²) in [5.41, 5.74) is 11.5. The van der Waals surface area contributed by atoms with Crippen LogP contribution in [-0.2, 0) is 0 Å². The number of rotatable bonds is 5. The Morgan fingerprint density at radius 1 is 0.327 bits per heavy atom. The lowest BCUT2D eigenvalue weighted by Gasteiger charge is -2.20. The molecule has 1 heterocycles. The van der Waals surface area contributed by atoms with E-state index < -0.39 is 0 Å². The zero-order valence-electron chi connectivity index (χ0n) is 30.0. The predicted molar refractivity (Wildman–Crippen MR) is 233 cm³/mol. The van der Waals surface area contributed by atoms with Crippen molar-refractivity contribution in [1.29, 1.82) is 0 Å². The maximum Gasteiger partial charge on any atom is 0.145 e. The molecule has 0 aliphatic carbocycles. The van der Waals surface area contributed by atoms with Crippen LogP contribution in [0.5, 0.6) is 0 Å². The van der Waals surface area contributed by atoms with Crippen LogP contribution in [-0.4, -0.2) is 9.55 Å². The Labute approximate surface area is 319 Å². The summed E-state index contributed by atoms with van der Waals surface area (Å²) in [5.74, 6) is 0.932. The third-order valence-electron chi connectivity index (χ3n) is 11.2. The number of benzene rings is 10. The monoisotopic (exact) mass is 698 g/mol. The molecule has 11 rings (SSSR count). The van der Waals surface area contributed by atoms with E-state index in [9.17, 15) is 0 Å². The highest BCUT2D eigenvalue weighted by molar-refractivity contribution is 6.25. The lowest BCUT2D eigenvalue weighted by atomic mass is 9.83. The molecular weight excluding hydrogens is 665 g/mol. The quantitative estimate of drug-likeness (QED) is 0.164. The van der Waals surface area contributed by atoms with E-state index in [1.54, 1.807) is 0 Å². The second-order valence-corrected chi connectivity index (χ2v) is 14.3. The van der Waals surface area contributed by atoms with Gasteiger partial charge in [0.2, 0.25) is 0 Å².